The molecule has 2 amide bonds. The maximum absolute atomic E-state index is 12.7. The Kier molecular flexibility index (Phi) is 11.5. The summed E-state index contributed by atoms with van der Waals surface area (Å²) in [6, 6.07) is 4.72. The van der Waals surface area contributed by atoms with Gasteiger partial charge in [-0.1, -0.05) is 80.8 Å². The molecule has 6 heteroatoms. The second-order valence-corrected chi connectivity index (χ2v) is 9.69. The molecular formula is C25H36Cl2N2O2. The highest BCUT2D eigenvalue weighted by atomic mass is 35.5. The quantitative estimate of drug-likeness (QED) is 0.438. The molecule has 0 aromatic heterocycles. The van der Waals surface area contributed by atoms with Crippen molar-refractivity contribution in [2.75, 3.05) is 6.54 Å². The minimum atomic E-state index is -0.405. The summed E-state index contributed by atoms with van der Waals surface area (Å²) in [5, 5.41) is 6.57. The summed E-state index contributed by atoms with van der Waals surface area (Å²) in [5.74, 6) is -0.131. The van der Waals surface area contributed by atoms with Crippen LogP contribution in [0.5, 0.6) is 0 Å². The molecule has 1 aromatic rings. The highest BCUT2D eigenvalue weighted by Gasteiger charge is 2.19. The summed E-state index contributed by atoms with van der Waals surface area (Å²) < 4.78 is 0. The number of halogens is 2. The lowest BCUT2D eigenvalue weighted by Gasteiger charge is -2.24. The fourth-order valence-electron chi connectivity index (χ4n) is 4.01. The summed E-state index contributed by atoms with van der Waals surface area (Å²) in [4.78, 5) is 25.1. The van der Waals surface area contributed by atoms with Crippen molar-refractivity contribution in [2.45, 2.75) is 84.1 Å². The fourth-order valence-corrected chi connectivity index (χ4v) is 4.39. The lowest BCUT2D eigenvalue weighted by molar-refractivity contribution is -0.120. The normalized spacial score (nSPS) is 18.4. The Hall–Kier alpha value is -1.52. The SMILES string of the molecule is CC(C)C[C@H](NC(=O)CNC(=O)c1cc(Cl)ccc1Cl)/C1=C/CCCCCCCCC1. The number of nitrogens with one attached hydrogen (secondary N) is 2. The highest BCUT2D eigenvalue weighted by molar-refractivity contribution is 6.35. The third-order valence-electron chi connectivity index (χ3n) is 5.65. The predicted molar refractivity (Wildman–Crippen MR) is 130 cm³/mol. The number of hydrogen-bond acceptors (Lipinski definition) is 2. The average Bonchev–Trinajstić information content (AvgIpc) is 2.78. The Morgan fingerprint density at radius 2 is 1.68 bits per heavy atom. The zero-order chi connectivity index (χ0) is 22.6. The topological polar surface area (TPSA) is 58.2 Å². The van der Waals surface area contributed by atoms with Gasteiger partial charge in [0.2, 0.25) is 5.91 Å². The molecule has 0 fully saturated rings. The van der Waals surface area contributed by atoms with Gasteiger partial charge >= 0.3 is 0 Å². The first-order valence-corrected chi connectivity index (χ1v) is 12.3. The summed E-state index contributed by atoms with van der Waals surface area (Å²) in [7, 11) is 0. The average molecular weight is 467 g/mol. The summed E-state index contributed by atoms with van der Waals surface area (Å²) >= 11 is 12.0. The minimum Gasteiger partial charge on any atom is -0.348 e. The largest absolute Gasteiger partial charge is 0.348 e. The molecule has 0 spiro atoms. The van der Waals surface area contributed by atoms with Crippen LogP contribution < -0.4 is 10.6 Å². The third kappa shape index (κ3) is 9.65. The van der Waals surface area contributed by atoms with Crippen LogP contribution in [-0.4, -0.2) is 24.4 Å². The van der Waals surface area contributed by atoms with E-state index in [0.29, 0.717) is 16.0 Å². The van der Waals surface area contributed by atoms with E-state index in [9.17, 15) is 9.59 Å². The molecule has 0 saturated carbocycles. The predicted octanol–water partition coefficient (Wildman–Crippen LogP) is 6.71. The summed E-state index contributed by atoms with van der Waals surface area (Å²) in [6.07, 6.45) is 14.2. The number of allylic oxidation sites excluding steroid dienone is 1. The number of amides is 2. The zero-order valence-electron chi connectivity index (χ0n) is 18.8. The van der Waals surface area contributed by atoms with E-state index in [0.717, 1.165) is 19.3 Å². The van der Waals surface area contributed by atoms with Crippen LogP contribution in [0.2, 0.25) is 10.0 Å². The Morgan fingerprint density at radius 3 is 2.39 bits per heavy atom. The van der Waals surface area contributed by atoms with Gasteiger partial charge in [-0.05, 0) is 56.2 Å². The van der Waals surface area contributed by atoms with Crippen molar-refractivity contribution in [3.8, 4) is 0 Å². The zero-order valence-corrected chi connectivity index (χ0v) is 20.3. The number of hydrogen-bond donors (Lipinski definition) is 2. The van der Waals surface area contributed by atoms with E-state index < -0.39 is 5.91 Å². The molecule has 1 aliphatic rings. The van der Waals surface area contributed by atoms with E-state index in [2.05, 4.69) is 30.6 Å². The maximum Gasteiger partial charge on any atom is 0.253 e. The van der Waals surface area contributed by atoms with Gasteiger partial charge < -0.3 is 10.6 Å². The van der Waals surface area contributed by atoms with E-state index >= 15 is 0 Å². The van der Waals surface area contributed by atoms with Crippen LogP contribution in [-0.2, 0) is 4.79 Å². The molecule has 1 aromatic carbocycles. The van der Waals surface area contributed by atoms with Gasteiger partial charge in [0, 0.05) is 5.02 Å². The van der Waals surface area contributed by atoms with Crippen molar-refractivity contribution in [3.63, 3.8) is 0 Å². The van der Waals surface area contributed by atoms with Gasteiger partial charge in [0.1, 0.15) is 0 Å². The van der Waals surface area contributed by atoms with E-state index in [1.807, 2.05) is 0 Å². The second-order valence-electron chi connectivity index (χ2n) is 8.85. The maximum atomic E-state index is 12.7. The minimum absolute atomic E-state index is 0.0138. The number of rotatable bonds is 7. The van der Waals surface area contributed by atoms with Crippen LogP contribution in [0.1, 0.15) is 88.4 Å². The number of carbonyl (C=O) groups excluding carboxylic acids is 2. The van der Waals surface area contributed by atoms with Crippen LogP contribution in [0.25, 0.3) is 0 Å². The van der Waals surface area contributed by atoms with Gasteiger partial charge in [0.25, 0.3) is 5.91 Å². The first-order chi connectivity index (χ1) is 14.9. The number of benzene rings is 1. The molecule has 0 bridgehead atoms. The first-order valence-electron chi connectivity index (χ1n) is 11.6. The van der Waals surface area contributed by atoms with E-state index in [-0.39, 0.29) is 24.1 Å². The lowest BCUT2D eigenvalue weighted by Crippen LogP contribution is -2.43. The second kappa shape index (κ2) is 13.8. The van der Waals surface area contributed by atoms with Crippen molar-refractivity contribution < 1.29 is 9.59 Å². The van der Waals surface area contributed by atoms with Gasteiger partial charge in [0.15, 0.2) is 0 Å². The van der Waals surface area contributed by atoms with Crippen molar-refractivity contribution in [1.82, 2.24) is 10.6 Å². The van der Waals surface area contributed by atoms with Crippen molar-refractivity contribution in [1.29, 1.82) is 0 Å². The van der Waals surface area contributed by atoms with Crippen molar-refractivity contribution in [3.05, 3.63) is 45.5 Å². The monoisotopic (exact) mass is 466 g/mol. The van der Waals surface area contributed by atoms with Gasteiger partial charge in [-0.3, -0.25) is 9.59 Å². The highest BCUT2D eigenvalue weighted by Crippen LogP contribution is 2.23. The number of carbonyl (C=O) groups is 2. The fraction of sp³-hybridized carbons (Fsp3) is 0.600. The molecule has 0 aliphatic heterocycles. The first kappa shape index (κ1) is 25.7. The van der Waals surface area contributed by atoms with Crippen LogP contribution >= 0.6 is 23.2 Å². The van der Waals surface area contributed by atoms with Gasteiger partial charge in [-0.25, -0.2) is 0 Å². The molecule has 4 nitrogen and oxygen atoms in total. The van der Waals surface area contributed by atoms with Gasteiger partial charge in [0.05, 0.1) is 23.2 Å². The molecule has 0 saturated heterocycles. The molecule has 0 heterocycles. The smallest absolute Gasteiger partial charge is 0.253 e. The lowest BCUT2D eigenvalue weighted by atomic mass is 9.92. The van der Waals surface area contributed by atoms with Crippen LogP contribution in [0.3, 0.4) is 0 Å². The van der Waals surface area contributed by atoms with E-state index in [1.165, 1.54) is 56.6 Å². The van der Waals surface area contributed by atoms with E-state index in [1.54, 1.807) is 12.1 Å². The molecular weight excluding hydrogens is 431 g/mol. The van der Waals surface area contributed by atoms with Gasteiger partial charge in [-0.2, -0.15) is 0 Å². The Morgan fingerprint density at radius 1 is 1.00 bits per heavy atom. The van der Waals surface area contributed by atoms with Crippen LogP contribution in [0, 0.1) is 5.92 Å². The molecule has 0 unspecified atom stereocenters. The summed E-state index contributed by atoms with van der Waals surface area (Å²) in [6.45, 7) is 4.26. The molecule has 2 N–H and O–H groups in total. The van der Waals surface area contributed by atoms with E-state index in [4.69, 9.17) is 23.2 Å². The molecule has 1 atom stereocenters. The standard InChI is InChI=1S/C25H36Cl2N2O2/c1-18(2)15-23(19-11-9-7-5-3-4-6-8-10-12-19)29-24(30)17-28-25(31)21-16-20(26)13-14-22(21)27/h11,13-14,16,18,23H,3-10,12,15,17H2,1-2H3,(H,28,31)(H,29,30)/b19-11+/t23-/m0/s1. The summed E-state index contributed by atoms with van der Waals surface area (Å²) in [5.41, 5.74) is 1.61. The van der Waals surface area contributed by atoms with Crippen LogP contribution in [0.15, 0.2) is 29.8 Å². The Labute approximate surface area is 197 Å². The molecule has 0 radical (unpaired) electrons. The Bertz CT molecular complexity index is 762. The Balaban J connectivity index is 1.99. The molecule has 31 heavy (non-hydrogen) atoms. The third-order valence-corrected chi connectivity index (χ3v) is 6.21. The van der Waals surface area contributed by atoms with Crippen molar-refractivity contribution in [2.24, 2.45) is 5.92 Å². The molecule has 2 rings (SSSR count). The molecule has 172 valence electrons. The van der Waals surface area contributed by atoms with Crippen LogP contribution in [0.4, 0.5) is 0 Å². The van der Waals surface area contributed by atoms with Gasteiger partial charge in [-0.15, -0.1) is 0 Å². The molecule has 1 aliphatic carbocycles. The van der Waals surface area contributed by atoms with Crippen molar-refractivity contribution >= 4 is 35.0 Å².